The second kappa shape index (κ2) is 7.90. The molecule has 2 N–H and O–H groups in total. The third-order valence-electron chi connectivity index (χ3n) is 5.98. The molecule has 164 valence electrons. The molecule has 7 nitrogen and oxygen atoms in total. The van der Waals surface area contributed by atoms with Crippen LogP contribution in [-0.2, 0) is 19.4 Å². The van der Waals surface area contributed by atoms with Crippen LogP contribution in [0.5, 0.6) is 0 Å². The highest BCUT2D eigenvalue weighted by Gasteiger charge is 2.31. The fourth-order valence-corrected chi connectivity index (χ4v) is 4.82. The summed E-state index contributed by atoms with van der Waals surface area (Å²) in [7, 11) is 0. The summed E-state index contributed by atoms with van der Waals surface area (Å²) in [5, 5.41) is 7.77. The number of nitrogens with zero attached hydrogens (tertiary/aromatic N) is 4. The van der Waals surface area contributed by atoms with Crippen LogP contribution in [-0.4, -0.2) is 24.7 Å². The van der Waals surface area contributed by atoms with Gasteiger partial charge in [0.25, 0.3) is 5.56 Å². The number of halogens is 2. The third kappa shape index (κ3) is 3.76. The van der Waals surface area contributed by atoms with Crippen molar-refractivity contribution in [1.82, 2.24) is 24.7 Å². The average molecular weight is 469 g/mol. The SMILES string of the molecule is CC1(C)CCc2c(Nc3c(Cl)cncc3Cl)nc3c(c2C1)c(=O)[nH]n3Cc1cccnc1. The highest BCUT2D eigenvalue weighted by atomic mass is 35.5. The predicted molar refractivity (Wildman–Crippen MR) is 127 cm³/mol. The topological polar surface area (TPSA) is 88.5 Å². The van der Waals surface area contributed by atoms with Gasteiger partial charge in [-0.1, -0.05) is 43.1 Å². The molecule has 0 spiro atoms. The lowest BCUT2D eigenvalue weighted by Gasteiger charge is -2.32. The minimum Gasteiger partial charge on any atom is -0.337 e. The van der Waals surface area contributed by atoms with Crippen LogP contribution in [0, 0.1) is 5.41 Å². The zero-order valence-corrected chi connectivity index (χ0v) is 19.3. The lowest BCUT2D eigenvalue weighted by Crippen LogP contribution is -2.24. The van der Waals surface area contributed by atoms with Gasteiger partial charge >= 0.3 is 0 Å². The number of rotatable bonds is 4. The van der Waals surface area contributed by atoms with Crippen LogP contribution in [0.15, 0.2) is 41.7 Å². The van der Waals surface area contributed by atoms with Gasteiger partial charge in [-0.2, -0.15) is 0 Å². The van der Waals surface area contributed by atoms with Gasteiger partial charge in [0.15, 0.2) is 5.65 Å². The molecule has 4 heterocycles. The lowest BCUT2D eigenvalue weighted by molar-refractivity contribution is 0.317. The average Bonchev–Trinajstić information content (AvgIpc) is 3.06. The summed E-state index contributed by atoms with van der Waals surface area (Å²) in [5.41, 5.74) is 4.14. The Labute approximate surface area is 194 Å². The second-order valence-electron chi connectivity index (χ2n) is 8.95. The van der Waals surface area contributed by atoms with Crippen LogP contribution >= 0.6 is 23.2 Å². The van der Waals surface area contributed by atoms with Crippen molar-refractivity contribution in [1.29, 1.82) is 0 Å². The Morgan fingerprint density at radius 2 is 1.94 bits per heavy atom. The molecule has 1 aliphatic rings. The van der Waals surface area contributed by atoms with E-state index in [0.717, 1.165) is 36.0 Å². The monoisotopic (exact) mass is 468 g/mol. The van der Waals surface area contributed by atoms with E-state index in [1.54, 1.807) is 29.5 Å². The van der Waals surface area contributed by atoms with E-state index in [9.17, 15) is 4.79 Å². The first-order valence-corrected chi connectivity index (χ1v) is 11.2. The second-order valence-corrected chi connectivity index (χ2v) is 9.76. The number of fused-ring (bicyclic) bond motifs is 3. The minimum atomic E-state index is -0.128. The van der Waals surface area contributed by atoms with Crippen molar-refractivity contribution >= 4 is 45.7 Å². The molecule has 0 aromatic carbocycles. The molecule has 0 amide bonds. The zero-order valence-electron chi connectivity index (χ0n) is 17.7. The first-order chi connectivity index (χ1) is 15.3. The Morgan fingerprint density at radius 3 is 2.66 bits per heavy atom. The van der Waals surface area contributed by atoms with Crippen molar-refractivity contribution in [2.75, 3.05) is 5.32 Å². The van der Waals surface area contributed by atoms with Gasteiger partial charge in [0.2, 0.25) is 0 Å². The van der Waals surface area contributed by atoms with E-state index in [1.807, 2.05) is 12.1 Å². The quantitative estimate of drug-likeness (QED) is 0.433. The zero-order chi connectivity index (χ0) is 22.5. The Kier molecular flexibility index (Phi) is 5.18. The van der Waals surface area contributed by atoms with Crippen LogP contribution in [0.25, 0.3) is 11.0 Å². The van der Waals surface area contributed by atoms with Gasteiger partial charge in [-0.05, 0) is 47.4 Å². The lowest BCUT2D eigenvalue weighted by atomic mass is 9.74. The van der Waals surface area contributed by atoms with Gasteiger partial charge < -0.3 is 5.32 Å². The summed E-state index contributed by atoms with van der Waals surface area (Å²) in [4.78, 5) is 26.1. The first kappa shape index (κ1) is 21.0. The van der Waals surface area contributed by atoms with E-state index in [-0.39, 0.29) is 11.0 Å². The molecular formula is C23H22Cl2N6O. The molecule has 0 saturated carbocycles. The van der Waals surface area contributed by atoms with Crippen LogP contribution in [0.1, 0.15) is 37.0 Å². The Bertz CT molecular complexity index is 1360. The molecule has 9 heteroatoms. The number of hydrogen-bond donors (Lipinski definition) is 2. The number of aromatic amines is 1. The normalized spacial score (nSPS) is 15.0. The number of pyridine rings is 3. The molecule has 0 fully saturated rings. The Hall–Kier alpha value is -2.90. The molecular weight excluding hydrogens is 447 g/mol. The van der Waals surface area contributed by atoms with Crippen LogP contribution in [0.2, 0.25) is 10.0 Å². The number of hydrogen-bond acceptors (Lipinski definition) is 5. The number of nitrogens with one attached hydrogen (secondary N) is 2. The molecule has 0 radical (unpaired) electrons. The van der Waals surface area contributed by atoms with Crippen LogP contribution in [0.4, 0.5) is 11.5 Å². The van der Waals surface area contributed by atoms with Gasteiger partial charge in [-0.3, -0.25) is 24.5 Å². The first-order valence-electron chi connectivity index (χ1n) is 10.4. The molecule has 32 heavy (non-hydrogen) atoms. The smallest absolute Gasteiger partial charge is 0.273 e. The van der Waals surface area contributed by atoms with Crippen LogP contribution < -0.4 is 10.9 Å². The van der Waals surface area contributed by atoms with Crippen molar-refractivity contribution in [3.05, 3.63) is 74.0 Å². The molecule has 0 bridgehead atoms. The van der Waals surface area contributed by atoms with Crippen molar-refractivity contribution in [2.24, 2.45) is 5.41 Å². The molecule has 1 aliphatic carbocycles. The van der Waals surface area contributed by atoms with E-state index >= 15 is 0 Å². The summed E-state index contributed by atoms with van der Waals surface area (Å²) in [6.45, 7) is 4.91. The van der Waals surface area contributed by atoms with E-state index in [2.05, 4.69) is 34.2 Å². The number of anilines is 2. The fourth-order valence-electron chi connectivity index (χ4n) is 4.36. The van der Waals surface area contributed by atoms with Crippen molar-refractivity contribution in [3.8, 4) is 0 Å². The summed E-state index contributed by atoms with van der Waals surface area (Å²) >= 11 is 12.7. The number of H-pyrrole nitrogens is 1. The van der Waals surface area contributed by atoms with Crippen molar-refractivity contribution < 1.29 is 0 Å². The molecule has 0 saturated heterocycles. The van der Waals surface area contributed by atoms with Crippen molar-refractivity contribution in [3.63, 3.8) is 0 Å². The largest absolute Gasteiger partial charge is 0.337 e. The highest BCUT2D eigenvalue weighted by Crippen LogP contribution is 2.41. The predicted octanol–water partition coefficient (Wildman–Crippen LogP) is 5.13. The van der Waals surface area contributed by atoms with E-state index in [0.29, 0.717) is 39.1 Å². The summed E-state index contributed by atoms with van der Waals surface area (Å²) in [5.74, 6) is 0.664. The Morgan fingerprint density at radius 1 is 1.16 bits per heavy atom. The fraction of sp³-hybridized carbons (Fsp3) is 0.304. The molecule has 4 aromatic heterocycles. The van der Waals surface area contributed by atoms with Gasteiger partial charge in [0, 0.05) is 24.8 Å². The van der Waals surface area contributed by atoms with E-state index in [4.69, 9.17) is 28.2 Å². The maximum atomic E-state index is 13.0. The van der Waals surface area contributed by atoms with Gasteiger partial charge in [0.1, 0.15) is 5.82 Å². The Balaban J connectivity index is 1.71. The van der Waals surface area contributed by atoms with Crippen LogP contribution in [0.3, 0.4) is 0 Å². The van der Waals surface area contributed by atoms with Gasteiger partial charge in [0.05, 0.1) is 27.7 Å². The van der Waals surface area contributed by atoms with E-state index in [1.165, 1.54) is 0 Å². The number of aromatic nitrogens is 5. The molecule has 4 aromatic rings. The molecule has 0 aliphatic heterocycles. The van der Waals surface area contributed by atoms with E-state index < -0.39 is 0 Å². The molecule has 5 rings (SSSR count). The molecule has 0 unspecified atom stereocenters. The van der Waals surface area contributed by atoms with Gasteiger partial charge in [-0.15, -0.1) is 0 Å². The maximum absolute atomic E-state index is 13.0. The summed E-state index contributed by atoms with van der Waals surface area (Å²) in [6, 6.07) is 3.84. The highest BCUT2D eigenvalue weighted by molar-refractivity contribution is 6.39. The van der Waals surface area contributed by atoms with Gasteiger partial charge in [-0.25, -0.2) is 4.98 Å². The maximum Gasteiger partial charge on any atom is 0.273 e. The molecule has 0 atom stereocenters. The third-order valence-corrected chi connectivity index (χ3v) is 6.55. The standard InChI is InChI=1S/C23H22Cl2N6O/c1-23(2)6-5-14-15(8-23)18-21(29-20(14)28-19-16(24)10-27-11-17(19)25)31(30-22(18)32)12-13-4-3-7-26-9-13/h3-4,7,9-11H,5-6,8,12H2,1-2H3,(H,30,32)(H,27,28,29). The summed E-state index contributed by atoms with van der Waals surface area (Å²) < 4.78 is 1.78. The summed E-state index contributed by atoms with van der Waals surface area (Å²) in [6.07, 6.45) is 9.17. The van der Waals surface area contributed by atoms with Crippen molar-refractivity contribution in [2.45, 2.75) is 39.7 Å². The minimum absolute atomic E-state index is 0.0857.